The van der Waals surface area contributed by atoms with E-state index in [4.69, 9.17) is 0 Å². The molecule has 0 heterocycles. The molecule has 0 rings (SSSR count). The first kappa shape index (κ1) is 20.4. The highest BCUT2D eigenvalue weighted by Gasteiger charge is 2.13. The number of carbonyl (C=O) groups excluding carboxylic acids is 1. The van der Waals surface area contributed by atoms with E-state index in [0.717, 1.165) is 57.8 Å². The monoisotopic (exact) mass is 306 g/mol. The molecule has 0 aromatic rings. The molecule has 0 N–H and O–H groups in total. The van der Waals surface area contributed by atoms with E-state index in [9.17, 15) is 14.9 Å². The molecule has 0 spiro atoms. The van der Waals surface area contributed by atoms with Gasteiger partial charge in [-0.05, 0) is 31.8 Å². The Kier molecular flexibility index (Phi) is 14.6. The largest absolute Gasteiger partial charge is 0.291 e. The van der Waals surface area contributed by atoms with Crippen LogP contribution in [0.3, 0.4) is 0 Å². The molecule has 22 heavy (non-hydrogen) atoms. The Hall–Kier alpha value is -1.63. The molecule has 123 valence electrons. The number of unbranched alkanes of at least 4 members (excludes halogenated alkanes) is 8. The molecule has 0 fully saturated rings. The lowest BCUT2D eigenvalue weighted by Gasteiger charge is -2.00. The third-order valence-corrected chi connectivity index (χ3v) is 3.37. The summed E-state index contributed by atoms with van der Waals surface area (Å²) in [6.07, 6.45) is 15.3. The van der Waals surface area contributed by atoms with Gasteiger partial charge in [0.2, 0.25) is 6.04 Å². The summed E-state index contributed by atoms with van der Waals surface area (Å²) in [5, 5.41) is 11.0. The maximum atomic E-state index is 11.0. The molecule has 0 aliphatic rings. The van der Waals surface area contributed by atoms with Crippen molar-refractivity contribution in [1.29, 1.82) is 0 Å². The summed E-state index contributed by atoms with van der Waals surface area (Å²) in [6, 6.07) is -0.691. The second kappa shape index (κ2) is 15.8. The average Bonchev–Trinajstić information content (AvgIpc) is 2.50. The number of hydrogen-bond donors (Lipinski definition) is 0. The van der Waals surface area contributed by atoms with E-state index in [-0.39, 0.29) is 4.92 Å². The molecular formula is C18H28NO3. The van der Waals surface area contributed by atoms with Gasteiger partial charge >= 0.3 is 0 Å². The summed E-state index contributed by atoms with van der Waals surface area (Å²) >= 11 is 0. The minimum Gasteiger partial charge on any atom is -0.291 e. The highest BCUT2D eigenvalue weighted by Crippen LogP contribution is 2.07. The van der Waals surface area contributed by atoms with Crippen LogP contribution in [0.25, 0.3) is 0 Å². The van der Waals surface area contributed by atoms with Crippen LogP contribution < -0.4 is 0 Å². The van der Waals surface area contributed by atoms with E-state index in [1.54, 1.807) is 6.08 Å². The van der Waals surface area contributed by atoms with E-state index >= 15 is 0 Å². The molecule has 0 aliphatic carbocycles. The Labute approximate surface area is 134 Å². The van der Waals surface area contributed by atoms with Crippen molar-refractivity contribution < 1.29 is 9.72 Å². The van der Waals surface area contributed by atoms with Gasteiger partial charge in [-0.15, -0.1) is 5.92 Å². The highest BCUT2D eigenvalue weighted by atomic mass is 16.6. The van der Waals surface area contributed by atoms with Gasteiger partial charge in [-0.2, -0.15) is 0 Å². The Balaban J connectivity index is 3.85. The predicted molar refractivity (Wildman–Crippen MR) is 89.9 cm³/mol. The van der Waals surface area contributed by atoms with Crippen molar-refractivity contribution in [2.24, 2.45) is 0 Å². The Morgan fingerprint density at radius 1 is 1.05 bits per heavy atom. The van der Waals surface area contributed by atoms with Gasteiger partial charge in [0.15, 0.2) is 6.29 Å². The van der Waals surface area contributed by atoms with Crippen molar-refractivity contribution in [2.45, 2.75) is 83.6 Å². The van der Waals surface area contributed by atoms with Gasteiger partial charge in [-0.1, -0.05) is 44.6 Å². The van der Waals surface area contributed by atoms with Crippen LogP contribution in [0.5, 0.6) is 0 Å². The van der Waals surface area contributed by atoms with E-state index in [0.29, 0.717) is 12.8 Å². The van der Waals surface area contributed by atoms with Gasteiger partial charge in [0.05, 0.1) is 6.42 Å². The lowest BCUT2D eigenvalue weighted by molar-refractivity contribution is -0.508. The third kappa shape index (κ3) is 13.4. The third-order valence-electron chi connectivity index (χ3n) is 3.37. The molecule has 0 saturated carbocycles. The predicted octanol–water partition coefficient (Wildman–Crippen LogP) is 4.61. The molecule has 0 amide bonds. The molecule has 4 heteroatoms. The first-order chi connectivity index (χ1) is 10.7. The van der Waals surface area contributed by atoms with Gasteiger partial charge in [0.1, 0.15) is 0 Å². The van der Waals surface area contributed by atoms with Crippen LogP contribution in [0.15, 0.2) is 12.2 Å². The quantitative estimate of drug-likeness (QED) is 0.164. The summed E-state index contributed by atoms with van der Waals surface area (Å²) in [4.78, 5) is 20.7. The van der Waals surface area contributed by atoms with Gasteiger partial charge in [-0.3, -0.25) is 14.9 Å². The summed E-state index contributed by atoms with van der Waals surface area (Å²) in [5.74, 6) is 5.94. The molecule has 1 unspecified atom stereocenters. The molecule has 0 bridgehead atoms. The van der Waals surface area contributed by atoms with E-state index in [1.165, 1.54) is 0 Å². The number of nitro groups is 1. The molecule has 0 saturated heterocycles. The summed E-state index contributed by atoms with van der Waals surface area (Å²) in [7, 11) is 0. The van der Waals surface area contributed by atoms with Crippen molar-refractivity contribution in [3.05, 3.63) is 22.3 Å². The molecule has 1 radical (unpaired) electrons. The van der Waals surface area contributed by atoms with E-state index in [1.807, 2.05) is 12.4 Å². The summed E-state index contributed by atoms with van der Waals surface area (Å²) in [6.45, 7) is 2.14. The standard InChI is InChI=1S/C18H28NO3/c1-2-3-4-5-9-12-15-18(19(21)22)16-13-10-7-6-8-11-14-17-20/h13,16,18H,2-8,10-11,14-15H2,1H3/b16-13+. The molecule has 4 nitrogen and oxygen atoms in total. The van der Waals surface area contributed by atoms with Crippen molar-refractivity contribution in [1.82, 2.24) is 0 Å². The minimum absolute atomic E-state index is 0.267. The maximum Gasteiger partial charge on any atom is 0.242 e. The normalized spacial score (nSPS) is 11.9. The van der Waals surface area contributed by atoms with Crippen LogP contribution in [-0.2, 0) is 4.79 Å². The molecule has 0 aromatic carbocycles. The Morgan fingerprint density at radius 2 is 1.77 bits per heavy atom. The van der Waals surface area contributed by atoms with Crippen molar-refractivity contribution in [3.8, 4) is 11.8 Å². The zero-order valence-electron chi connectivity index (χ0n) is 13.7. The van der Waals surface area contributed by atoms with Crippen LogP contribution in [0.2, 0.25) is 0 Å². The number of allylic oxidation sites excluding steroid dienone is 1. The fourth-order valence-electron chi connectivity index (χ4n) is 2.01. The molecular weight excluding hydrogens is 278 g/mol. The van der Waals surface area contributed by atoms with E-state index in [2.05, 4.69) is 18.8 Å². The van der Waals surface area contributed by atoms with Crippen LogP contribution in [0.4, 0.5) is 0 Å². The Bertz CT molecular complexity index is 380. The first-order valence-corrected chi connectivity index (χ1v) is 8.33. The van der Waals surface area contributed by atoms with Crippen LogP contribution in [-0.4, -0.2) is 17.3 Å². The topological polar surface area (TPSA) is 60.2 Å². The lowest BCUT2D eigenvalue weighted by Crippen LogP contribution is -2.15. The van der Waals surface area contributed by atoms with Gasteiger partial charge in [0, 0.05) is 17.8 Å². The van der Waals surface area contributed by atoms with Crippen molar-refractivity contribution in [3.63, 3.8) is 0 Å². The number of nitrogens with zero attached hydrogens (tertiary/aromatic N) is 1. The second-order valence-corrected chi connectivity index (χ2v) is 5.39. The number of hydrogen-bond acceptors (Lipinski definition) is 3. The van der Waals surface area contributed by atoms with Crippen LogP contribution >= 0.6 is 0 Å². The molecule has 0 aliphatic heterocycles. The van der Waals surface area contributed by atoms with Gasteiger partial charge in [-0.25, -0.2) is 0 Å². The fraction of sp³-hybridized carbons (Fsp3) is 0.722. The van der Waals surface area contributed by atoms with Gasteiger partial charge < -0.3 is 0 Å². The van der Waals surface area contributed by atoms with Crippen molar-refractivity contribution >= 4 is 6.29 Å². The summed E-state index contributed by atoms with van der Waals surface area (Å²) < 4.78 is 0. The second-order valence-electron chi connectivity index (χ2n) is 5.39. The van der Waals surface area contributed by atoms with Crippen molar-refractivity contribution in [2.75, 3.05) is 0 Å². The smallest absolute Gasteiger partial charge is 0.242 e. The SMILES string of the molecule is CCCCCC#CCC(/C=C/CCCCCC[C]=O)[N+](=O)[O-]. The lowest BCUT2D eigenvalue weighted by atomic mass is 10.1. The zero-order chi connectivity index (χ0) is 16.5. The maximum absolute atomic E-state index is 11.0. The van der Waals surface area contributed by atoms with Crippen LogP contribution in [0.1, 0.15) is 77.6 Å². The van der Waals surface area contributed by atoms with Gasteiger partial charge in [0.25, 0.3) is 0 Å². The Morgan fingerprint density at radius 3 is 2.45 bits per heavy atom. The first-order valence-electron chi connectivity index (χ1n) is 8.33. The minimum atomic E-state index is -0.691. The van der Waals surface area contributed by atoms with Crippen LogP contribution in [0, 0.1) is 22.0 Å². The number of rotatable bonds is 13. The fourth-order valence-corrected chi connectivity index (χ4v) is 2.01. The molecule has 0 aromatic heterocycles. The highest BCUT2D eigenvalue weighted by molar-refractivity contribution is 5.50. The van der Waals surface area contributed by atoms with E-state index < -0.39 is 6.04 Å². The average molecular weight is 306 g/mol. The zero-order valence-corrected chi connectivity index (χ0v) is 13.7. The molecule has 1 atom stereocenters. The summed E-state index contributed by atoms with van der Waals surface area (Å²) in [5.41, 5.74) is 0.